The number of nitrogens with zero attached hydrogens (tertiary/aromatic N) is 2. The van der Waals surface area contributed by atoms with Gasteiger partial charge in [0.2, 0.25) is 25.7 Å². The van der Waals surface area contributed by atoms with Crippen LogP contribution in [-0.2, 0) is 70.1 Å². The maximum absolute atomic E-state index is 13.5. The number of carboxylic acids is 1. The summed E-state index contributed by atoms with van der Waals surface area (Å²) < 4.78 is 144. The minimum absolute atomic E-state index is 0.000227. The number of hydrogen-bond acceptors (Lipinski definition) is 13. The number of allylic oxidation sites excluding steroid dienone is 4. The molecule has 2 aromatic rings. The number of sulfonamides is 2. The minimum Gasteiger partial charge on any atom is -0.481 e. The van der Waals surface area contributed by atoms with Gasteiger partial charge in [0, 0.05) is 88.3 Å². The number of rotatable bonds is 29. The molecule has 0 fully saturated rings. The molecule has 2 aromatic carbocycles. The van der Waals surface area contributed by atoms with Gasteiger partial charge in [-0.1, -0.05) is 6.08 Å². The number of unbranched alkanes of at least 4 members (excludes halogenated alkanes) is 2. The molecule has 364 valence electrons. The van der Waals surface area contributed by atoms with E-state index in [0.717, 1.165) is 0 Å². The zero-order chi connectivity index (χ0) is 48.3. The number of carbonyl (C=O) groups is 1. The van der Waals surface area contributed by atoms with Gasteiger partial charge in [0.25, 0.3) is 20.2 Å². The second-order valence-electron chi connectivity index (χ2n) is 16.4. The summed E-state index contributed by atoms with van der Waals surface area (Å²) in [6.07, 6.45) is 7.25. The summed E-state index contributed by atoms with van der Waals surface area (Å²) in [5.74, 6) is -2.03. The van der Waals surface area contributed by atoms with Gasteiger partial charge in [0.1, 0.15) is 6.54 Å². The van der Waals surface area contributed by atoms with E-state index in [1.165, 1.54) is 33.5 Å². The molecule has 0 radical (unpaired) electrons. The quantitative estimate of drug-likeness (QED) is 0.0441. The molecular formula is C42H63N4O15S4+. The molecule has 2 heterocycles. The average Bonchev–Trinajstić information content (AvgIpc) is 3.58. The highest BCUT2D eigenvalue weighted by Crippen LogP contribution is 2.51. The third-order valence-electron chi connectivity index (χ3n) is 11.7. The number of anilines is 1. The van der Waals surface area contributed by atoms with E-state index >= 15 is 0 Å². The van der Waals surface area contributed by atoms with Crippen LogP contribution in [0.1, 0.15) is 76.3 Å². The molecule has 2 aliphatic rings. The minimum atomic E-state index is -4.37. The van der Waals surface area contributed by atoms with Gasteiger partial charge in [0.05, 0.1) is 46.5 Å². The van der Waals surface area contributed by atoms with Gasteiger partial charge in [0.15, 0.2) is 5.71 Å². The van der Waals surface area contributed by atoms with Crippen molar-refractivity contribution in [1.82, 2.24) is 9.44 Å². The largest absolute Gasteiger partial charge is 0.481 e. The third-order valence-corrected chi connectivity index (χ3v) is 16.2. The number of methoxy groups -OCH3 is 3. The Morgan fingerprint density at radius 1 is 0.723 bits per heavy atom. The van der Waals surface area contributed by atoms with E-state index in [1.807, 2.05) is 35.5 Å². The van der Waals surface area contributed by atoms with Crippen LogP contribution < -0.4 is 14.3 Å². The van der Waals surface area contributed by atoms with Crippen molar-refractivity contribution in [3.05, 3.63) is 71.5 Å². The number of hydrogen-bond donors (Lipinski definition) is 5. The second kappa shape index (κ2) is 22.9. The molecule has 4 rings (SSSR count). The van der Waals surface area contributed by atoms with Crippen molar-refractivity contribution in [3.63, 3.8) is 0 Å². The fourth-order valence-corrected chi connectivity index (χ4v) is 11.6. The number of nitrogens with one attached hydrogen (secondary N) is 2. The molecule has 0 saturated carbocycles. The molecule has 0 amide bonds. The number of aliphatic carboxylic acids is 1. The van der Waals surface area contributed by atoms with Crippen molar-refractivity contribution < 1.29 is 71.5 Å². The van der Waals surface area contributed by atoms with Crippen LogP contribution in [0.5, 0.6) is 0 Å². The van der Waals surface area contributed by atoms with Gasteiger partial charge in [-0.25, -0.2) is 26.3 Å². The van der Waals surface area contributed by atoms with Gasteiger partial charge < -0.3 is 24.2 Å². The summed E-state index contributed by atoms with van der Waals surface area (Å²) in [4.78, 5) is 13.2. The van der Waals surface area contributed by atoms with Crippen molar-refractivity contribution in [2.75, 3.05) is 83.7 Å². The van der Waals surface area contributed by atoms with Crippen molar-refractivity contribution in [1.29, 1.82) is 0 Å². The Bertz CT molecular complexity index is 2560. The van der Waals surface area contributed by atoms with E-state index in [2.05, 4.69) is 9.44 Å². The molecule has 0 saturated heterocycles. The van der Waals surface area contributed by atoms with Crippen molar-refractivity contribution in [2.24, 2.45) is 0 Å². The second-order valence-corrected chi connectivity index (χ2v) is 23.1. The van der Waals surface area contributed by atoms with Crippen LogP contribution in [0.4, 0.5) is 11.4 Å². The van der Waals surface area contributed by atoms with Crippen LogP contribution in [0.15, 0.2) is 70.1 Å². The zero-order valence-electron chi connectivity index (χ0n) is 37.5. The van der Waals surface area contributed by atoms with Gasteiger partial charge in [-0.3, -0.25) is 13.9 Å². The molecule has 0 aromatic heterocycles. The van der Waals surface area contributed by atoms with Crippen molar-refractivity contribution >= 4 is 63.3 Å². The van der Waals surface area contributed by atoms with Gasteiger partial charge in [-0.05, 0) is 94.3 Å². The molecule has 0 aliphatic carbocycles. The molecule has 2 unspecified atom stereocenters. The van der Waals surface area contributed by atoms with E-state index in [-0.39, 0.29) is 74.8 Å². The first-order chi connectivity index (χ1) is 30.4. The van der Waals surface area contributed by atoms with Crippen LogP contribution in [0.3, 0.4) is 0 Å². The predicted octanol–water partition coefficient (Wildman–Crippen LogP) is 3.74. The first-order valence-corrected chi connectivity index (χ1v) is 27.3. The summed E-state index contributed by atoms with van der Waals surface area (Å²) in [7, 11) is -12.3. The number of carboxylic acid groups (broad SMARTS) is 1. The normalized spacial score (nSPS) is 19.7. The number of fused-ring (bicyclic) bond motifs is 2. The lowest BCUT2D eigenvalue weighted by Gasteiger charge is -2.30. The maximum atomic E-state index is 13.5. The summed E-state index contributed by atoms with van der Waals surface area (Å²) >= 11 is 0. The molecule has 5 N–H and O–H groups in total. The lowest BCUT2D eigenvalue weighted by molar-refractivity contribution is -0.438. The molecule has 2 atom stereocenters. The Kier molecular flexibility index (Phi) is 19.0. The fraction of sp³-hybridized carbons (Fsp3) is 0.571. The Morgan fingerprint density at radius 2 is 1.26 bits per heavy atom. The first-order valence-electron chi connectivity index (χ1n) is 21.1. The molecule has 19 nitrogen and oxygen atoms in total. The van der Waals surface area contributed by atoms with E-state index in [0.29, 0.717) is 66.3 Å². The lowest BCUT2D eigenvalue weighted by Crippen LogP contribution is -2.33. The Hall–Kier alpha value is -3.62. The zero-order valence-corrected chi connectivity index (χ0v) is 40.8. The van der Waals surface area contributed by atoms with E-state index in [1.54, 1.807) is 30.3 Å². The van der Waals surface area contributed by atoms with Gasteiger partial charge >= 0.3 is 5.97 Å². The van der Waals surface area contributed by atoms with Crippen LogP contribution in [-0.4, -0.2) is 143 Å². The summed E-state index contributed by atoms with van der Waals surface area (Å²) in [5, 5.41) is 9.25. The summed E-state index contributed by atoms with van der Waals surface area (Å²) in [6, 6.07) is 9.42. The molecule has 2 aliphatic heterocycles. The predicted molar refractivity (Wildman–Crippen MR) is 245 cm³/mol. The lowest BCUT2D eigenvalue weighted by atomic mass is 9.75. The van der Waals surface area contributed by atoms with Crippen LogP contribution in [0.25, 0.3) is 0 Å². The van der Waals surface area contributed by atoms with Crippen LogP contribution in [0.2, 0.25) is 0 Å². The topological polar surface area (TPSA) is 272 Å². The summed E-state index contributed by atoms with van der Waals surface area (Å²) in [6.45, 7) is 4.97. The van der Waals surface area contributed by atoms with E-state index < -0.39 is 68.6 Å². The molecule has 0 spiro atoms. The SMILES string of the molecule is COCCNS(=O)(=O)c1ccc2c(c1)C(C)(CCCS(=O)(=O)O)C(/C=C/C=C1/N(CCOC)c3ccc(S(=O)(=O)NCCOC)cc3C1(C)CCCS(=O)(=O)O)=[N+]2CCCCCC(=O)O. The Balaban J connectivity index is 1.94. The van der Waals surface area contributed by atoms with Crippen molar-refractivity contribution in [3.8, 4) is 0 Å². The van der Waals surface area contributed by atoms with E-state index in [9.17, 15) is 52.7 Å². The fourth-order valence-electron chi connectivity index (χ4n) is 8.48. The monoisotopic (exact) mass is 991 g/mol. The standard InChI is InChI=1S/C42H62N4O15S4/c1-41(19-10-28-62(49,50)51)34-30-32(64(55,56)43-21-25-59-3)15-17-36(34)45(23-8-6-7-14-40(47)48)38(41)12-9-13-39-42(2,20-11-29-63(52,53)54)35-31-33(65(57,58)44-22-26-60-4)16-18-37(35)46(39)24-27-61-5/h9,12-13,15-18,30-31,43-44H,6-8,10-11,14,19-29H2,1-5H3,(H2-,47,48,49,50,51,52,53,54)/p+1. The van der Waals surface area contributed by atoms with Gasteiger partial charge in [-0.2, -0.15) is 21.4 Å². The number of benzene rings is 2. The van der Waals surface area contributed by atoms with Crippen molar-refractivity contribution in [2.45, 2.75) is 85.8 Å². The number of ether oxygens (including phenoxy) is 3. The first kappa shape index (κ1) is 54.0. The summed E-state index contributed by atoms with van der Waals surface area (Å²) in [5.41, 5.74) is 1.71. The maximum Gasteiger partial charge on any atom is 0.303 e. The highest BCUT2D eigenvalue weighted by molar-refractivity contribution is 7.89. The molecular weight excluding hydrogens is 929 g/mol. The third kappa shape index (κ3) is 14.2. The Morgan fingerprint density at radius 3 is 1.80 bits per heavy atom. The molecule has 0 bridgehead atoms. The van der Waals surface area contributed by atoms with Gasteiger partial charge in [-0.15, -0.1) is 0 Å². The molecule has 23 heteroatoms. The Labute approximate surface area is 383 Å². The molecule has 65 heavy (non-hydrogen) atoms. The average molecular weight is 992 g/mol. The highest BCUT2D eigenvalue weighted by atomic mass is 32.2. The highest BCUT2D eigenvalue weighted by Gasteiger charge is 2.48. The van der Waals surface area contributed by atoms with Crippen LogP contribution in [0, 0.1) is 0 Å². The van der Waals surface area contributed by atoms with E-state index in [4.69, 9.17) is 14.2 Å². The van der Waals surface area contributed by atoms with Crippen LogP contribution >= 0.6 is 0 Å². The smallest absolute Gasteiger partial charge is 0.303 e.